The summed E-state index contributed by atoms with van der Waals surface area (Å²) in [5, 5.41) is 2.75. The number of hydrogen-bond donors (Lipinski definition) is 1. The van der Waals surface area contributed by atoms with Gasteiger partial charge in [-0.15, -0.1) is 11.3 Å². The topological polar surface area (TPSA) is 84.4 Å². The predicted octanol–water partition coefficient (Wildman–Crippen LogP) is 1.86. The third-order valence-corrected chi connectivity index (χ3v) is 5.14. The molecule has 0 aliphatic carbocycles. The Bertz CT molecular complexity index is 844. The van der Waals surface area contributed by atoms with Crippen molar-refractivity contribution < 1.29 is 14.3 Å². The summed E-state index contributed by atoms with van der Waals surface area (Å²) in [6, 6.07) is 1.96. The van der Waals surface area contributed by atoms with Crippen LogP contribution in [0.25, 0.3) is 6.08 Å². The van der Waals surface area contributed by atoms with Crippen molar-refractivity contribution in [1.29, 1.82) is 0 Å². The fourth-order valence-electron chi connectivity index (χ4n) is 2.88. The molecule has 0 bridgehead atoms. The summed E-state index contributed by atoms with van der Waals surface area (Å²) in [5.74, 6) is 0.579. The van der Waals surface area contributed by atoms with Crippen molar-refractivity contribution in [3.05, 3.63) is 46.1 Å². The van der Waals surface area contributed by atoms with Crippen molar-refractivity contribution >= 4 is 35.0 Å². The zero-order chi connectivity index (χ0) is 17.9. The van der Waals surface area contributed by atoms with E-state index in [1.165, 1.54) is 0 Å². The molecule has 1 fully saturated rings. The standard InChI is InChI=1S/C18H18N4O3S/c23-16-3-2-13-5-12(6-20-18(13)21-16)1-4-17(24)22-8-14(9-22)25-10-15-7-19-11-26-15/h1,4-7,11,14H,2-3,8-10H2,(H,20,21,23)/b4-1+. The molecule has 134 valence electrons. The normalized spacial score (nSPS) is 17.1. The van der Waals surface area contributed by atoms with Gasteiger partial charge in [0.1, 0.15) is 5.82 Å². The van der Waals surface area contributed by atoms with Gasteiger partial charge in [0, 0.05) is 38.0 Å². The molecular weight excluding hydrogens is 352 g/mol. The molecule has 4 heterocycles. The number of hydrogen-bond acceptors (Lipinski definition) is 6. The number of nitrogens with zero attached hydrogens (tertiary/aromatic N) is 3. The molecule has 1 saturated heterocycles. The lowest BCUT2D eigenvalue weighted by Crippen LogP contribution is -2.54. The van der Waals surface area contributed by atoms with Crippen LogP contribution in [0.5, 0.6) is 0 Å². The number of aromatic nitrogens is 2. The highest BCUT2D eigenvalue weighted by atomic mass is 32.1. The fourth-order valence-corrected chi connectivity index (χ4v) is 3.39. The van der Waals surface area contributed by atoms with Crippen LogP contribution in [0.3, 0.4) is 0 Å². The van der Waals surface area contributed by atoms with E-state index in [1.54, 1.807) is 46.3 Å². The van der Waals surface area contributed by atoms with Gasteiger partial charge in [-0.05, 0) is 29.7 Å². The number of fused-ring (bicyclic) bond motifs is 1. The van der Waals surface area contributed by atoms with Gasteiger partial charge >= 0.3 is 0 Å². The molecule has 0 aromatic carbocycles. The number of anilines is 1. The van der Waals surface area contributed by atoms with Crippen molar-refractivity contribution in [2.75, 3.05) is 18.4 Å². The lowest BCUT2D eigenvalue weighted by atomic mass is 10.0. The predicted molar refractivity (Wildman–Crippen MR) is 97.5 cm³/mol. The highest BCUT2D eigenvalue weighted by molar-refractivity contribution is 7.09. The molecule has 4 rings (SSSR count). The summed E-state index contributed by atoms with van der Waals surface area (Å²) in [5.41, 5.74) is 3.63. The smallest absolute Gasteiger partial charge is 0.246 e. The van der Waals surface area contributed by atoms with Gasteiger partial charge in [0.2, 0.25) is 11.8 Å². The molecule has 0 unspecified atom stereocenters. The molecule has 1 N–H and O–H groups in total. The molecule has 26 heavy (non-hydrogen) atoms. The highest BCUT2D eigenvalue weighted by Crippen LogP contribution is 2.21. The van der Waals surface area contributed by atoms with Gasteiger partial charge in [0.05, 0.1) is 23.1 Å². The van der Waals surface area contributed by atoms with E-state index < -0.39 is 0 Å². The first-order chi connectivity index (χ1) is 12.7. The summed E-state index contributed by atoms with van der Waals surface area (Å²) >= 11 is 1.57. The Balaban J connectivity index is 1.27. The number of likely N-dealkylation sites (tertiary alicyclic amines) is 1. The van der Waals surface area contributed by atoms with E-state index in [9.17, 15) is 9.59 Å². The molecule has 7 nitrogen and oxygen atoms in total. The maximum atomic E-state index is 12.2. The van der Waals surface area contributed by atoms with Crippen LogP contribution in [0, 0.1) is 0 Å². The Morgan fingerprint density at radius 1 is 1.38 bits per heavy atom. The first-order valence-corrected chi connectivity index (χ1v) is 9.30. The molecule has 0 spiro atoms. The van der Waals surface area contributed by atoms with Crippen LogP contribution in [-0.2, 0) is 27.4 Å². The number of amides is 2. The first-order valence-electron chi connectivity index (χ1n) is 8.42. The third kappa shape index (κ3) is 3.81. The van der Waals surface area contributed by atoms with E-state index in [2.05, 4.69) is 15.3 Å². The Kier molecular flexibility index (Phi) is 4.77. The van der Waals surface area contributed by atoms with Crippen molar-refractivity contribution in [2.45, 2.75) is 25.6 Å². The summed E-state index contributed by atoms with van der Waals surface area (Å²) in [6.45, 7) is 1.76. The number of aryl methyl sites for hydroxylation is 1. The number of carbonyl (C=O) groups is 2. The Morgan fingerprint density at radius 3 is 3.08 bits per heavy atom. The maximum Gasteiger partial charge on any atom is 0.246 e. The van der Waals surface area contributed by atoms with E-state index >= 15 is 0 Å². The molecule has 0 radical (unpaired) electrons. The van der Waals surface area contributed by atoms with Crippen molar-refractivity contribution in [3.8, 4) is 0 Å². The zero-order valence-corrected chi connectivity index (χ0v) is 14.9. The van der Waals surface area contributed by atoms with E-state index in [0.29, 0.717) is 38.4 Å². The minimum absolute atomic E-state index is 0.00614. The van der Waals surface area contributed by atoms with Crippen molar-refractivity contribution in [3.63, 3.8) is 0 Å². The summed E-state index contributed by atoms with van der Waals surface area (Å²) in [4.78, 5) is 34.7. The number of carbonyl (C=O) groups excluding carboxylic acids is 2. The van der Waals surface area contributed by atoms with Crippen LogP contribution in [0.15, 0.2) is 30.0 Å². The minimum atomic E-state index is -0.0336. The first kappa shape index (κ1) is 16.9. The molecule has 0 saturated carbocycles. The molecule has 2 aromatic rings. The molecular formula is C18H18N4O3S. The quantitative estimate of drug-likeness (QED) is 0.812. The van der Waals surface area contributed by atoms with Crippen LogP contribution < -0.4 is 5.32 Å². The lowest BCUT2D eigenvalue weighted by molar-refractivity contribution is -0.140. The average Bonchev–Trinajstić information content (AvgIpc) is 3.12. The molecule has 8 heteroatoms. The number of thiazole rings is 1. The lowest BCUT2D eigenvalue weighted by Gasteiger charge is -2.38. The van der Waals surface area contributed by atoms with Gasteiger partial charge in [-0.2, -0.15) is 0 Å². The molecule has 0 atom stereocenters. The second kappa shape index (κ2) is 7.35. The van der Waals surface area contributed by atoms with Crippen LogP contribution in [0.2, 0.25) is 0 Å². The van der Waals surface area contributed by atoms with Crippen LogP contribution in [-0.4, -0.2) is 45.9 Å². The van der Waals surface area contributed by atoms with Crippen molar-refractivity contribution in [1.82, 2.24) is 14.9 Å². The van der Waals surface area contributed by atoms with Crippen LogP contribution in [0.4, 0.5) is 5.82 Å². The second-order valence-corrected chi connectivity index (χ2v) is 7.27. The van der Waals surface area contributed by atoms with E-state index in [4.69, 9.17) is 4.74 Å². The van der Waals surface area contributed by atoms with Crippen LogP contribution in [0.1, 0.15) is 22.4 Å². The van der Waals surface area contributed by atoms with Crippen LogP contribution >= 0.6 is 11.3 Å². The second-order valence-electron chi connectivity index (χ2n) is 6.30. The van der Waals surface area contributed by atoms with Gasteiger partial charge in [-0.25, -0.2) is 4.98 Å². The van der Waals surface area contributed by atoms with E-state index in [-0.39, 0.29) is 17.9 Å². The summed E-state index contributed by atoms with van der Waals surface area (Å²) in [6.07, 6.45) is 8.01. The third-order valence-electron chi connectivity index (χ3n) is 4.39. The number of nitrogens with one attached hydrogen (secondary N) is 1. The Morgan fingerprint density at radius 2 is 2.27 bits per heavy atom. The van der Waals surface area contributed by atoms with E-state index in [1.807, 2.05) is 6.07 Å². The van der Waals surface area contributed by atoms with Gasteiger partial charge in [0.15, 0.2) is 0 Å². The number of rotatable bonds is 5. The summed E-state index contributed by atoms with van der Waals surface area (Å²) < 4.78 is 5.74. The molecule has 2 aliphatic rings. The van der Waals surface area contributed by atoms with Gasteiger partial charge in [-0.1, -0.05) is 0 Å². The van der Waals surface area contributed by atoms with Gasteiger partial charge < -0.3 is 15.0 Å². The summed E-state index contributed by atoms with van der Waals surface area (Å²) in [7, 11) is 0. The molecule has 2 aromatic heterocycles. The van der Waals surface area contributed by atoms with Gasteiger partial charge in [0.25, 0.3) is 0 Å². The number of pyridine rings is 1. The highest BCUT2D eigenvalue weighted by Gasteiger charge is 2.30. The Hall–Kier alpha value is -2.58. The number of ether oxygens (including phenoxy) is 1. The molecule has 2 aliphatic heterocycles. The largest absolute Gasteiger partial charge is 0.369 e. The maximum absolute atomic E-state index is 12.2. The van der Waals surface area contributed by atoms with Crippen molar-refractivity contribution in [2.24, 2.45) is 0 Å². The zero-order valence-electron chi connectivity index (χ0n) is 14.1. The SMILES string of the molecule is O=C1CCc2cc(/C=C/C(=O)N3CC(OCc4cncs4)C3)cnc2N1. The minimum Gasteiger partial charge on any atom is -0.369 e. The van der Waals surface area contributed by atoms with E-state index in [0.717, 1.165) is 16.0 Å². The molecule has 2 amide bonds. The monoisotopic (exact) mass is 370 g/mol. The Labute approximate surface area is 154 Å². The fraction of sp³-hybridized carbons (Fsp3) is 0.333. The average molecular weight is 370 g/mol. The van der Waals surface area contributed by atoms with Gasteiger partial charge in [-0.3, -0.25) is 14.6 Å².